The lowest BCUT2D eigenvalue weighted by atomic mass is 10.2. The van der Waals surface area contributed by atoms with Crippen molar-refractivity contribution >= 4 is 11.4 Å². The third-order valence-electron chi connectivity index (χ3n) is 2.43. The number of halogens is 1. The maximum absolute atomic E-state index is 13.5. The van der Waals surface area contributed by atoms with Gasteiger partial charge in [-0.2, -0.15) is 5.26 Å². The molecule has 0 saturated heterocycles. The Bertz CT molecular complexity index is 605. The molecular weight excluding hydrogens is 231 g/mol. The summed E-state index contributed by atoms with van der Waals surface area (Å²) in [6.45, 7) is 0. The normalized spacial score (nSPS) is 9.61. The second-order valence-corrected chi connectivity index (χ2v) is 3.67. The van der Waals surface area contributed by atoms with Gasteiger partial charge in [0.05, 0.1) is 18.7 Å². The van der Waals surface area contributed by atoms with Crippen molar-refractivity contribution < 1.29 is 9.13 Å². The predicted molar refractivity (Wildman–Crippen MR) is 67.4 cm³/mol. The van der Waals surface area contributed by atoms with Gasteiger partial charge in [-0.3, -0.25) is 0 Å². The molecule has 90 valence electrons. The average molecular weight is 242 g/mol. The molecule has 1 N–H and O–H groups in total. The summed E-state index contributed by atoms with van der Waals surface area (Å²) in [5.41, 5.74) is 1.89. The molecule has 2 aromatic carbocycles. The van der Waals surface area contributed by atoms with E-state index in [0.717, 1.165) is 5.69 Å². The van der Waals surface area contributed by atoms with Crippen molar-refractivity contribution in [3.8, 4) is 11.8 Å². The standard InChI is InChI=1S/C14H11FN2O/c1-18-14-6-5-12(8-13(14)15)17-11-4-2-3-10(7-11)9-16/h2-8,17H,1H3. The molecule has 0 spiro atoms. The molecular formula is C14H11FN2O. The van der Waals surface area contributed by atoms with Crippen LogP contribution >= 0.6 is 0 Å². The first kappa shape index (κ1) is 11.9. The van der Waals surface area contributed by atoms with Gasteiger partial charge in [0.2, 0.25) is 0 Å². The van der Waals surface area contributed by atoms with Crippen molar-refractivity contribution in [2.45, 2.75) is 0 Å². The molecule has 0 saturated carbocycles. The summed E-state index contributed by atoms with van der Waals surface area (Å²) in [6.07, 6.45) is 0. The number of anilines is 2. The van der Waals surface area contributed by atoms with E-state index < -0.39 is 5.82 Å². The Morgan fingerprint density at radius 1 is 1.17 bits per heavy atom. The van der Waals surface area contributed by atoms with Crippen LogP contribution in [-0.4, -0.2) is 7.11 Å². The number of ether oxygens (including phenoxy) is 1. The van der Waals surface area contributed by atoms with Crippen LogP contribution in [0.25, 0.3) is 0 Å². The van der Waals surface area contributed by atoms with E-state index in [9.17, 15) is 4.39 Å². The number of rotatable bonds is 3. The Hall–Kier alpha value is -2.54. The number of nitrogens with one attached hydrogen (secondary N) is 1. The summed E-state index contributed by atoms with van der Waals surface area (Å²) in [5, 5.41) is 11.8. The van der Waals surface area contributed by atoms with Crippen LogP contribution in [0, 0.1) is 17.1 Å². The third-order valence-corrected chi connectivity index (χ3v) is 2.43. The zero-order valence-electron chi connectivity index (χ0n) is 9.77. The minimum absolute atomic E-state index is 0.200. The highest BCUT2D eigenvalue weighted by Gasteiger charge is 2.03. The summed E-state index contributed by atoms with van der Waals surface area (Å²) in [6, 6.07) is 13.6. The number of hydrogen-bond acceptors (Lipinski definition) is 3. The van der Waals surface area contributed by atoms with Crippen LogP contribution in [0.1, 0.15) is 5.56 Å². The van der Waals surface area contributed by atoms with Crippen LogP contribution < -0.4 is 10.1 Å². The highest BCUT2D eigenvalue weighted by atomic mass is 19.1. The first-order valence-electron chi connectivity index (χ1n) is 5.33. The molecule has 0 bridgehead atoms. The van der Waals surface area contributed by atoms with Gasteiger partial charge in [-0.15, -0.1) is 0 Å². The maximum Gasteiger partial charge on any atom is 0.167 e. The van der Waals surface area contributed by atoms with Gasteiger partial charge in [0.25, 0.3) is 0 Å². The molecule has 0 heterocycles. The van der Waals surface area contributed by atoms with Crippen molar-refractivity contribution in [2.24, 2.45) is 0 Å². The topological polar surface area (TPSA) is 45.0 Å². The van der Waals surface area contributed by atoms with E-state index in [4.69, 9.17) is 10.00 Å². The predicted octanol–water partition coefficient (Wildman–Crippen LogP) is 3.45. The van der Waals surface area contributed by atoms with Crippen LogP contribution in [0.15, 0.2) is 42.5 Å². The number of methoxy groups -OCH3 is 1. The van der Waals surface area contributed by atoms with Gasteiger partial charge in [0.15, 0.2) is 11.6 Å². The summed E-state index contributed by atoms with van der Waals surface area (Å²) in [5.74, 6) is -0.231. The number of nitriles is 1. The Balaban J connectivity index is 2.23. The fourth-order valence-electron chi connectivity index (χ4n) is 1.58. The Kier molecular flexibility index (Phi) is 3.44. The minimum atomic E-state index is -0.432. The zero-order valence-corrected chi connectivity index (χ0v) is 9.77. The quantitative estimate of drug-likeness (QED) is 0.896. The lowest BCUT2D eigenvalue weighted by Gasteiger charge is -2.08. The van der Waals surface area contributed by atoms with Crippen LogP contribution in [0.3, 0.4) is 0 Å². The van der Waals surface area contributed by atoms with Crippen LogP contribution in [0.4, 0.5) is 15.8 Å². The largest absolute Gasteiger partial charge is 0.494 e. The Morgan fingerprint density at radius 3 is 2.61 bits per heavy atom. The molecule has 0 fully saturated rings. The van der Waals surface area contributed by atoms with Gasteiger partial charge in [-0.1, -0.05) is 6.07 Å². The zero-order chi connectivity index (χ0) is 13.0. The van der Waals surface area contributed by atoms with Gasteiger partial charge in [-0.05, 0) is 30.3 Å². The number of benzene rings is 2. The Morgan fingerprint density at radius 2 is 1.94 bits per heavy atom. The number of nitrogens with zero attached hydrogens (tertiary/aromatic N) is 1. The number of hydrogen-bond donors (Lipinski definition) is 1. The fraction of sp³-hybridized carbons (Fsp3) is 0.0714. The van der Waals surface area contributed by atoms with Crippen molar-refractivity contribution in [1.29, 1.82) is 5.26 Å². The van der Waals surface area contributed by atoms with Crippen molar-refractivity contribution in [3.63, 3.8) is 0 Å². The Labute approximate surface area is 104 Å². The molecule has 0 atom stereocenters. The second kappa shape index (κ2) is 5.19. The molecule has 2 rings (SSSR count). The lowest BCUT2D eigenvalue weighted by Crippen LogP contribution is -1.93. The van der Waals surface area contributed by atoms with Gasteiger partial charge in [-0.25, -0.2) is 4.39 Å². The fourth-order valence-corrected chi connectivity index (χ4v) is 1.58. The molecule has 0 aliphatic rings. The monoisotopic (exact) mass is 242 g/mol. The van der Waals surface area contributed by atoms with Crippen molar-refractivity contribution in [2.75, 3.05) is 12.4 Å². The van der Waals surface area contributed by atoms with E-state index in [1.165, 1.54) is 13.2 Å². The van der Waals surface area contributed by atoms with Crippen molar-refractivity contribution in [1.82, 2.24) is 0 Å². The van der Waals surface area contributed by atoms with Gasteiger partial charge in [0.1, 0.15) is 0 Å². The third kappa shape index (κ3) is 2.58. The molecule has 0 radical (unpaired) electrons. The van der Waals surface area contributed by atoms with E-state index in [1.54, 1.807) is 30.3 Å². The summed E-state index contributed by atoms with van der Waals surface area (Å²) < 4.78 is 18.3. The van der Waals surface area contributed by atoms with Crippen LogP contribution in [0.2, 0.25) is 0 Å². The highest BCUT2D eigenvalue weighted by Crippen LogP contribution is 2.23. The highest BCUT2D eigenvalue weighted by molar-refractivity contribution is 5.62. The molecule has 0 aliphatic heterocycles. The summed E-state index contributed by atoms with van der Waals surface area (Å²) >= 11 is 0. The van der Waals surface area contributed by atoms with E-state index in [-0.39, 0.29) is 5.75 Å². The maximum atomic E-state index is 13.5. The molecule has 0 unspecified atom stereocenters. The molecule has 0 amide bonds. The second-order valence-electron chi connectivity index (χ2n) is 3.67. The van der Waals surface area contributed by atoms with Gasteiger partial charge in [0, 0.05) is 17.4 Å². The van der Waals surface area contributed by atoms with Crippen LogP contribution in [-0.2, 0) is 0 Å². The van der Waals surface area contributed by atoms with Gasteiger partial charge >= 0.3 is 0 Å². The smallest absolute Gasteiger partial charge is 0.167 e. The van der Waals surface area contributed by atoms with Crippen LogP contribution in [0.5, 0.6) is 5.75 Å². The summed E-state index contributed by atoms with van der Waals surface area (Å²) in [7, 11) is 1.42. The van der Waals surface area contributed by atoms with E-state index >= 15 is 0 Å². The SMILES string of the molecule is COc1ccc(Nc2cccc(C#N)c2)cc1F. The minimum Gasteiger partial charge on any atom is -0.494 e. The van der Waals surface area contributed by atoms with E-state index in [1.807, 2.05) is 12.1 Å². The first-order chi connectivity index (χ1) is 8.72. The van der Waals surface area contributed by atoms with Crippen molar-refractivity contribution in [3.05, 3.63) is 53.8 Å². The van der Waals surface area contributed by atoms with E-state index in [0.29, 0.717) is 11.3 Å². The molecule has 0 aromatic heterocycles. The molecule has 2 aromatic rings. The lowest BCUT2D eigenvalue weighted by molar-refractivity contribution is 0.386. The molecule has 18 heavy (non-hydrogen) atoms. The average Bonchev–Trinajstić information content (AvgIpc) is 2.39. The van der Waals surface area contributed by atoms with E-state index in [2.05, 4.69) is 5.32 Å². The molecule has 3 nitrogen and oxygen atoms in total. The summed E-state index contributed by atoms with van der Waals surface area (Å²) in [4.78, 5) is 0. The van der Waals surface area contributed by atoms with Gasteiger partial charge < -0.3 is 10.1 Å². The molecule has 4 heteroatoms. The first-order valence-corrected chi connectivity index (χ1v) is 5.33. The molecule has 0 aliphatic carbocycles.